The maximum Gasteiger partial charge on any atom is 0.256 e. The summed E-state index contributed by atoms with van der Waals surface area (Å²) in [4.78, 5) is 0. The highest BCUT2D eigenvalue weighted by Gasteiger charge is 2.32. The monoisotopic (exact) mass is 298 g/mol. The number of benzene rings is 1. The lowest BCUT2D eigenvalue weighted by Gasteiger charge is -2.26. The van der Waals surface area contributed by atoms with E-state index in [4.69, 9.17) is 43.2 Å². The third-order valence-corrected chi connectivity index (χ3v) is 3.36. The molecule has 0 unspecified atom stereocenters. The van der Waals surface area contributed by atoms with Crippen LogP contribution < -0.4 is 32.4 Å². The molecule has 1 aliphatic carbocycles. The molecule has 0 spiro atoms. The minimum absolute atomic E-state index is 0.00657. The fourth-order valence-corrected chi connectivity index (χ4v) is 2.17. The van der Waals surface area contributed by atoms with Gasteiger partial charge in [-0.15, -0.1) is 0 Å². The number of nitrogens with two attached hydrogens (primary N) is 4. The standard InChI is InChI=1S/C14H14N6O2/c15-8-7(9(16)11(18)12(19)10(8)17)13-14(20)22-6-4-2-1-3-5(6)21-13/h1-4,19-20H,15-18H2. The molecule has 1 heterocycles. The Hall–Kier alpha value is -3.42. The summed E-state index contributed by atoms with van der Waals surface area (Å²) in [6.45, 7) is 0. The first-order valence-electron chi connectivity index (χ1n) is 6.30. The number of nitrogens with one attached hydrogen (secondary N) is 2. The average molecular weight is 298 g/mol. The summed E-state index contributed by atoms with van der Waals surface area (Å²) < 4.78 is 11.1. The minimum atomic E-state index is -0.270. The molecular weight excluding hydrogens is 284 g/mol. The summed E-state index contributed by atoms with van der Waals surface area (Å²) in [6, 6.07) is 6.87. The van der Waals surface area contributed by atoms with Crippen LogP contribution >= 0.6 is 0 Å². The van der Waals surface area contributed by atoms with Gasteiger partial charge < -0.3 is 32.4 Å². The van der Waals surface area contributed by atoms with Crippen molar-refractivity contribution in [1.29, 1.82) is 10.8 Å². The van der Waals surface area contributed by atoms with Crippen LogP contribution in [0.25, 0.3) is 0 Å². The Kier molecular flexibility index (Phi) is 2.81. The molecule has 0 atom stereocenters. The first kappa shape index (κ1) is 13.6. The molecule has 0 saturated carbocycles. The second-order valence-electron chi connectivity index (χ2n) is 4.71. The van der Waals surface area contributed by atoms with Crippen LogP contribution in [0.2, 0.25) is 0 Å². The molecule has 0 bridgehead atoms. The second kappa shape index (κ2) is 4.55. The van der Waals surface area contributed by atoms with Gasteiger partial charge in [-0.2, -0.15) is 0 Å². The zero-order chi connectivity index (χ0) is 16.0. The van der Waals surface area contributed by atoms with Gasteiger partial charge in [0.25, 0.3) is 5.90 Å². The van der Waals surface area contributed by atoms with Gasteiger partial charge in [0.1, 0.15) is 5.71 Å². The van der Waals surface area contributed by atoms with Crippen LogP contribution in [-0.4, -0.2) is 11.6 Å². The topological polar surface area (TPSA) is 170 Å². The zero-order valence-electron chi connectivity index (χ0n) is 11.4. The van der Waals surface area contributed by atoms with Crippen molar-refractivity contribution in [3.8, 4) is 11.5 Å². The largest absolute Gasteiger partial charge is 0.447 e. The van der Waals surface area contributed by atoms with Gasteiger partial charge in [-0.05, 0) is 12.1 Å². The Morgan fingerprint density at radius 3 is 1.77 bits per heavy atom. The molecule has 0 fully saturated rings. The van der Waals surface area contributed by atoms with E-state index in [1.54, 1.807) is 24.3 Å². The molecule has 2 aliphatic rings. The second-order valence-corrected chi connectivity index (χ2v) is 4.71. The average Bonchev–Trinajstić information content (AvgIpc) is 2.51. The fourth-order valence-electron chi connectivity index (χ4n) is 2.17. The number of hydrogen-bond donors (Lipinski definition) is 6. The highest BCUT2D eigenvalue weighted by Crippen LogP contribution is 2.36. The molecule has 10 N–H and O–H groups in total. The predicted octanol–water partition coefficient (Wildman–Crippen LogP) is -0.0195. The molecule has 1 aliphatic heterocycles. The van der Waals surface area contributed by atoms with Crippen molar-refractivity contribution >= 4 is 11.6 Å². The molecular formula is C14H14N6O2. The maximum absolute atomic E-state index is 7.98. The van der Waals surface area contributed by atoms with E-state index in [1.807, 2.05) is 0 Å². The lowest BCUT2D eigenvalue weighted by Crippen LogP contribution is -2.35. The van der Waals surface area contributed by atoms with Gasteiger partial charge in [-0.25, -0.2) is 0 Å². The van der Waals surface area contributed by atoms with E-state index in [0.29, 0.717) is 11.5 Å². The van der Waals surface area contributed by atoms with E-state index in [0.717, 1.165) is 0 Å². The van der Waals surface area contributed by atoms with Gasteiger partial charge in [-0.1, -0.05) is 12.1 Å². The number of ether oxygens (including phenoxy) is 2. The third kappa shape index (κ3) is 1.78. The van der Waals surface area contributed by atoms with E-state index in [9.17, 15) is 0 Å². The van der Waals surface area contributed by atoms with Crippen molar-refractivity contribution in [2.24, 2.45) is 22.9 Å². The molecule has 0 amide bonds. The van der Waals surface area contributed by atoms with Crippen molar-refractivity contribution in [2.75, 3.05) is 0 Å². The molecule has 0 saturated heterocycles. The summed E-state index contributed by atoms with van der Waals surface area (Å²) in [6.07, 6.45) is 0. The molecule has 1 aromatic rings. The van der Waals surface area contributed by atoms with Crippen LogP contribution in [0.4, 0.5) is 0 Å². The summed E-state index contributed by atoms with van der Waals surface area (Å²) in [5.41, 5.74) is 23.4. The van der Waals surface area contributed by atoms with Gasteiger partial charge in [0.05, 0.1) is 28.4 Å². The summed E-state index contributed by atoms with van der Waals surface area (Å²) in [5.74, 6) is 0.562. The van der Waals surface area contributed by atoms with Crippen LogP contribution in [0.5, 0.6) is 11.5 Å². The lowest BCUT2D eigenvalue weighted by atomic mass is 9.94. The summed E-state index contributed by atoms with van der Waals surface area (Å²) >= 11 is 0. The van der Waals surface area contributed by atoms with Crippen LogP contribution in [0.3, 0.4) is 0 Å². The third-order valence-electron chi connectivity index (χ3n) is 3.36. The predicted molar refractivity (Wildman–Crippen MR) is 81.0 cm³/mol. The number of rotatable bonds is 0. The highest BCUT2D eigenvalue weighted by atomic mass is 16.6. The number of hydrogen-bond acceptors (Lipinski definition) is 8. The summed E-state index contributed by atoms with van der Waals surface area (Å²) in [5, 5.41) is 15.7. The van der Waals surface area contributed by atoms with Crippen molar-refractivity contribution in [3.05, 3.63) is 58.4 Å². The molecule has 112 valence electrons. The molecule has 0 radical (unpaired) electrons. The van der Waals surface area contributed by atoms with Gasteiger partial charge in [-0.3, -0.25) is 10.8 Å². The Bertz CT molecular complexity index is 788. The zero-order valence-corrected chi connectivity index (χ0v) is 11.4. The molecule has 8 heteroatoms. The van der Waals surface area contributed by atoms with Crippen molar-refractivity contribution < 1.29 is 9.47 Å². The van der Waals surface area contributed by atoms with Crippen molar-refractivity contribution in [1.82, 2.24) is 0 Å². The molecule has 22 heavy (non-hydrogen) atoms. The first-order chi connectivity index (χ1) is 10.4. The van der Waals surface area contributed by atoms with Crippen LogP contribution in [0, 0.1) is 10.8 Å². The Morgan fingerprint density at radius 2 is 1.23 bits per heavy atom. The Balaban J connectivity index is 2.22. The van der Waals surface area contributed by atoms with Crippen LogP contribution in [-0.2, 0) is 0 Å². The van der Waals surface area contributed by atoms with E-state index in [-0.39, 0.29) is 45.7 Å². The normalized spacial score (nSPS) is 18.2. The fraction of sp³-hybridized carbons (Fsp3) is 0. The first-order valence-corrected chi connectivity index (χ1v) is 6.30. The van der Waals surface area contributed by atoms with E-state index in [1.165, 1.54) is 0 Å². The number of para-hydroxylation sites is 2. The SMILES string of the molecule is N=C1Oc2ccccc2OC1=C1C(N)=C(N)C(=N)C(N)=C1N. The quantitative estimate of drug-likeness (QED) is 0.393. The van der Waals surface area contributed by atoms with E-state index < -0.39 is 0 Å². The molecule has 1 aromatic carbocycles. The van der Waals surface area contributed by atoms with Gasteiger partial charge in [0.2, 0.25) is 5.76 Å². The van der Waals surface area contributed by atoms with Crippen molar-refractivity contribution in [2.45, 2.75) is 0 Å². The van der Waals surface area contributed by atoms with Crippen LogP contribution in [0.1, 0.15) is 0 Å². The van der Waals surface area contributed by atoms with Gasteiger partial charge >= 0.3 is 0 Å². The lowest BCUT2D eigenvalue weighted by molar-refractivity contribution is 0.363. The Morgan fingerprint density at radius 1 is 0.727 bits per heavy atom. The van der Waals surface area contributed by atoms with E-state index in [2.05, 4.69) is 0 Å². The number of fused-ring (bicyclic) bond motifs is 1. The maximum atomic E-state index is 7.98. The molecule has 3 rings (SSSR count). The van der Waals surface area contributed by atoms with E-state index >= 15 is 0 Å². The summed E-state index contributed by atoms with van der Waals surface area (Å²) in [7, 11) is 0. The smallest absolute Gasteiger partial charge is 0.256 e. The Labute approximate surface area is 125 Å². The van der Waals surface area contributed by atoms with Crippen molar-refractivity contribution in [3.63, 3.8) is 0 Å². The highest BCUT2D eigenvalue weighted by molar-refractivity contribution is 6.13. The molecule has 8 nitrogen and oxygen atoms in total. The van der Waals surface area contributed by atoms with Crippen LogP contribution in [0.15, 0.2) is 58.4 Å². The molecule has 0 aromatic heterocycles. The van der Waals surface area contributed by atoms with Gasteiger partial charge in [0, 0.05) is 0 Å². The van der Waals surface area contributed by atoms with Gasteiger partial charge in [0.15, 0.2) is 11.5 Å². The minimum Gasteiger partial charge on any atom is -0.447 e.